The zero-order valence-electron chi connectivity index (χ0n) is 9.02. The summed E-state index contributed by atoms with van der Waals surface area (Å²) in [5, 5.41) is 18.5. The Bertz CT molecular complexity index is 572. The first-order valence-electron chi connectivity index (χ1n) is 5.16. The van der Waals surface area contributed by atoms with E-state index >= 15 is 0 Å². The average molecular weight is 332 g/mol. The number of allylic oxidation sites excluding steroid dienone is 4. The highest BCUT2D eigenvalue weighted by Gasteiger charge is 2.33. The molecule has 0 saturated heterocycles. The molecule has 82 valence electrons. The van der Waals surface area contributed by atoms with Crippen molar-refractivity contribution in [3.8, 4) is 12.1 Å². The molecule has 0 fully saturated rings. The first-order valence-corrected chi connectivity index (χ1v) is 6.24. The maximum Gasteiger partial charge on any atom is 0.105 e. The van der Waals surface area contributed by atoms with Gasteiger partial charge in [-0.05, 0) is 34.2 Å². The van der Waals surface area contributed by atoms with Gasteiger partial charge >= 0.3 is 0 Å². The van der Waals surface area contributed by atoms with Crippen LogP contribution in [0, 0.1) is 22.7 Å². The summed E-state index contributed by atoms with van der Waals surface area (Å²) in [6.07, 6.45) is 4.21. The highest BCUT2D eigenvalue weighted by atomic mass is 127. The van der Waals surface area contributed by atoms with Crippen LogP contribution in [0.25, 0.3) is 0 Å². The maximum absolute atomic E-state index is 9.46. The fourth-order valence-corrected chi connectivity index (χ4v) is 2.40. The molecule has 3 heteroatoms. The minimum absolute atomic E-state index is 0.457. The van der Waals surface area contributed by atoms with E-state index in [-0.39, 0.29) is 0 Å². The van der Waals surface area contributed by atoms with Crippen molar-refractivity contribution in [3.63, 3.8) is 0 Å². The molecule has 0 aromatic heterocycles. The van der Waals surface area contributed by atoms with E-state index in [1.165, 1.54) is 0 Å². The number of benzene rings is 1. The molecule has 2 rings (SSSR count). The van der Waals surface area contributed by atoms with Crippen LogP contribution in [0.2, 0.25) is 0 Å². The Morgan fingerprint density at radius 1 is 1.18 bits per heavy atom. The SMILES string of the molecule is N#CC1=C(I)C=CC(C#N)(c2ccccc2)C1. The minimum atomic E-state index is -0.693. The first-order chi connectivity index (χ1) is 8.22. The second kappa shape index (κ2) is 4.73. The number of rotatable bonds is 1. The molecule has 0 amide bonds. The Morgan fingerprint density at radius 3 is 2.47 bits per heavy atom. The van der Waals surface area contributed by atoms with Gasteiger partial charge in [-0.1, -0.05) is 36.4 Å². The van der Waals surface area contributed by atoms with E-state index in [1.54, 1.807) is 0 Å². The standard InChI is InChI=1S/C14H9IN2/c15-13-6-7-14(10-17,8-11(13)9-16)12-4-2-1-3-5-12/h1-7H,8H2. The van der Waals surface area contributed by atoms with Crippen molar-refractivity contribution < 1.29 is 0 Å². The van der Waals surface area contributed by atoms with Gasteiger partial charge in [-0.2, -0.15) is 10.5 Å². The summed E-state index contributed by atoms with van der Waals surface area (Å²) in [6, 6.07) is 14.1. The van der Waals surface area contributed by atoms with E-state index in [9.17, 15) is 5.26 Å². The quantitative estimate of drug-likeness (QED) is 0.738. The van der Waals surface area contributed by atoms with Crippen LogP contribution < -0.4 is 0 Å². The van der Waals surface area contributed by atoms with Crippen LogP contribution in [-0.2, 0) is 5.41 Å². The fraction of sp³-hybridized carbons (Fsp3) is 0.143. The molecule has 0 radical (unpaired) electrons. The summed E-state index contributed by atoms with van der Waals surface area (Å²) in [5.74, 6) is 0. The molecule has 0 saturated carbocycles. The summed E-state index contributed by atoms with van der Waals surface area (Å²) < 4.78 is 0.923. The van der Waals surface area contributed by atoms with E-state index in [0.29, 0.717) is 12.0 Å². The van der Waals surface area contributed by atoms with Gasteiger partial charge in [0.15, 0.2) is 0 Å². The number of halogens is 1. The topological polar surface area (TPSA) is 47.6 Å². The van der Waals surface area contributed by atoms with Gasteiger partial charge in [-0.25, -0.2) is 0 Å². The highest BCUT2D eigenvalue weighted by Crippen LogP contribution is 2.38. The zero-order chi connectivity index (χ0) is 12.3. The molecule has 1 aliphatic carbocycles. The molecule has 0 bridgehead atoms. The van der Waals surface area contributed by atoms with Crippen molar-refractivity contribution in [2.24, 2.45) is 0 Å². The summed E-state index contributed by atoms with van der Waals surface area (Å²) in [5.41, 5.74) is 0.926. The van der Waals surface area contributed by atoms with Gasteiger partial charge in [-0.15, -0.1) is 0 Å². The largest absolute Gasteiger partial charge is 0.197 e. The number of nitrogens with zero attached hydrogens (tertiary/aromatic N) is 2. The van der Waals surface area contributed by atoms with Crippen LogP contribution in [-0.4, -0.2) is 0 Å². The Kier molecular flexibility index (Phi) is 3.31. The molecular formula is C14H9IN2. The lowest BCUT2D eigenvalue weighted by molar-refractivity contribution is 0.676. The van der Waals surface area contributed by atoms with E-state index in [0.717, 1.165) is 9.14 Å². The van der Waals surface area contributed by atoms with Crippen molar-refractivity contribution in [3.05, 3.63) is 57.2 Å². The van der Waals surface area contributed by atoms with Crippen molar-refractivity contribution in [2.75, 3.05) is 0 Å². The molecule has 2 nitrogen and oxygen atoms in total. The molecule has 1 aliphatic rings. The van der Waals surface area contributed by atoms with E-state index in [4.69, 9.17) is 5.26 Å². The molecule has 17 heavy (non-hydrogen) atoms. The Balaban J connectivity index is 2.49. The molecule has 0 N–H and O–H groups in total. The van der Waals surface area contributed by atoms with Crippen LogP contribution in [0.4, 0.5) is 0 Å². The molecule has 1 atom stereocenters. The number of hydrogen-bond acceptors (Lipinski definition) is 2. The van der Waals surface area contributed by atoms with Gasteiger partial charge in [0.05, 0.1) is 12.1 Å². The maximum atomic E-state index is 9.46. The fourth-order valence-electron chi connectivity index (χ4n) is 1.91. The van der Waals surface area contributed by atoms with Crippen molar-refractivity contribution >= 4 is 22.6 Å². The normalized spacial score (nSPS) is 23.0. The third-order valence-electron chi connectivity index (χ3n) is 2.88. The zero-order valence-corrected chi connectivity index (χ0v) is 11.2. The summed E-state index contributed by atoms with van der Waals surface area (Å²) in [6.45, 7) is 0. The van der Waals surface area contributed by atoms with Crippen molar-refractivity contribution in [2.45, 2.75) is 11.8 Å². The van der Waals surface area contributed by atoms with Crippen LogP contribution >= 0.6 is 22.6 Å². The Labute approximate surface area is 114 Å². The molecule has 1 unspecified atom stereocenters. The van der Waals surface area contributed by atoms with Crippen molar-refractivity contribution in [1.29, 1.82) is 10.5 Å². The van der Waals surface area contributed by atoms with Gasteiger partial charge in [0.25, 0.3) is 0 Å². The highest BCUT2D eigenvalue weighted by molar-refractivity contribution is 14.1. The second-order valence-corrected chi connectivity index (χ2v) is 5.06. The van der Waals surface area contributed by atoms with Crippen molar-refractivity contribution in [1.82, 2.24) is 0 Å². The molecule has 0 heterocycles. The number of nitriles is 2. The van der Waals surface area contributed by atoms with Gasteiger partial charge < -0.3 is 0 Å². The Hall–Kier alpha value is -1.59. The number of hydrogen-bond donors (Lipinski definition) is 0. The van der Waals surface area contributed by atoms with Gasteiger partial charge in [-0.3, -0.25) is 0 Å². The van der Waals surface area contributed by atoms with Gasteiger partial charge in [0, 0.05) is 15.6 Å². The molecule has 0 aliphatic heterocycles. The summed E-state index contributed by atoms with van der Waals surface area (Å²) in [4.78, 5) is 0. The van der Waals surface area contributed by atoms with E-state index in [2.05, 4.69) is 34.7 Å². The van der Waals surface area contributed by atoms with Crippen LogP contribution in [0.1, 0.15) is 12.0 Å². The lowest BCUT2D eigenvalue weighted by Gasteiger charge is -2.26. The van der Waals surface area contributed by atoms with Crippen LogP contribution in [0.5, 0.6) is 0 Å². The summed E-state index contributed by atoms with van der Waals surface area (Å²) in [7, 11) is 0. The van der Waals surface area contributed by atoms with Crippen LogP contribution in [0.3, 0.4) is 0 Å². The Morgan fingerprint density at radius 2 is 1.88 bits per heavy atom. The lowest BCUT2D eigenvalue weighted by Crippen LogP contribution is -2.24. The molecule has 1 aromatic carbocycles. The van der Waals surface area contributed by atoms with Gasteiger partial charge in [0.1, 0.15) is 5.41 Å². The predicted octanol–water partition coefficient (Wildman–Crippen LogP) is 3.62. The molecule has 1 aromatic rings. The minimum Gasteiger partial charge on any atom is -0.197 e. The summed E-state index contributed by atoms with van der Waals surface area (Å²) >= 11 is 2.13. The molecule has 0 spiro atoms. The third kappa shape index (κ3) is 2.11. The monoisotopic (exact) mass is 332 g/mol. The van der Waals surface area contributed by atoms with E-state index < -0.39 is 5.41 Å². The van der Waals surface area contributed by atoms with Gasteiger partial charge in [0.2, 0.25) is 0 Å². The average Bonchev–Trinajstić information content (AvgIpc) is 2.41. The first kappa shape index (κ1) is 11.9. The third-order valence-corrected chi connectivity index (χ3v) is 3.89. The molecular weight excluding hydrogens is 323 g/mol. The predicted molar refractivity (Wildman–Crippen MR) is 74.1 cm³/mol. The van der Waals surface area contributed by atoms with Crippen LogP contribution in [0.15, 0.2) is 51.6 Å². The van der Waals surface area contributed by atoms with E-state index in [1.807, 2.05) is 42.5 Å². The lowest BCUT2D eigenvalue weighted by atomic mass is 9.74. The smallest absolute Gasteiger partial charge is 0.105 e. The second-order valence-electron chi connectivity index (χ2n) is 3.90.